The minimum atomic E-state index is -4.77. The highest BCUT2D eigenvalue weighted by molar-refractivity contribution is 7.92. The van der Waals surface area contributed by atoms with E-state index in [4.69, 9.17) is 47.4 Å². The molecule has 0 bridgehead atoms. The van der Waals surface area contributed by atoms with Gasteiger partial charge in [0.05, 0.1) is 0 Å². The van der Waals surface area contributed by atoms with Gasteiger partial charge >= 0.3 is 41.8 Å². The molecule has 10 atom stereocenters. The first kappa shape index (κ1) is 49.7. The van der Waals surface area contributed by atoms with E-state index >= 15 is 0 Å². The average Bonchev–Trinajstić information content (AvgIpc) is 3.09. The lowest BCUT2D eigenvalue weighted by atomic mass is 9.96. The first-order chi connectivity index (χ1) is 27.2. The topological polar surface area (TPSA) is 275 Å². The normalized spacial score (nSPS) is 26.9. The molecule has 2 aliphatic heterocycles. The maximum Gasteiger partial charge on any atom is 0.303 e. The zero-order valence-corrected chi connectivity index (χ0v) is 34.7. The summed E-state index contributed by atoms with van der Waals surface area (Å²) in [7, 11) is -4.77. The number of hydrogen-bond acceptors (Lipinski definition) is 20. The van der Waals surface area contributed by atoms with Gasteiger partial charge in [-0.05, 0) is 6.42 Å². The van der Waals surface area contributed by atoms with E-state index in [9.17, 15) is 46.8 Å². The molecule has 0 aromatic rings. The molecular weight excluding hydrogens is 798 g/mol. The number of unbranched alkanes of at least 4 members (excludes halogenated alkanes) is 5. The Balaban J connectivity index is 2.67. The summed E-state index contributed by atoms with van der Waals surface area (Å²) in [4.78, 5) is 98.9. The van der Waals surface area contributed by atoms with E-state index < -0.39 is 137 Å². The standard InChI is InChI=1S/C36H55NO20S/c1-9-10-11-12-13-14-15-37-28(45)18-58(46,47)36-34(54-25(8)44)32(52-23(6)42)30(27(56-36)17-49-20(3)39)57-35-33(53-24(7)43)31(51-22(5)41)29(50-21(4)40)26(55-35)16-48-19(2)38/h26-27,29-36H,9-18H2,1-8H3,(H,37,45)/t26-,27-,29+,30-,31?,32+,33?,34-,35+,36+/m1/s1. The summed E-state index contributed by atoms with van der Waals surface area (Å²) in [5.41, 5.74) is -2.23. The van der Waals surface area contributed by atoms with Crippen molar-refractivity contribution < 1.29 is 94.1 Å². The van der Waals surface area contributed by atoms with Crippen molar-refractivity contribution in [1.82, 2.24) is 5.32 Å². The number of nitrogens with one attached hydrogen (secondary N) is 1. The molecule has 2 heterocycles. The fourth-order valence-electron chi connectivity index (χ4n) is 6.21. The third kappa shape index (κ3) is 16.5. The van der Waals surface area contributed by atoms with E-state index in [-0.39, 0.29) is 6.54 Å². The fourth-order valence-corrected chi connectivity index (χ4v) is 7.77. The van der Waals surface area contributed by atoms with Gasteiger partial charge < -0.3 is 52.7 Å². The zero-order valence-electron chi connectivity index (χ0n) is 33.9. The maximum absolute atomic E-state index is 13.9. The summed E-state index contributed by atoms with van der Waals surface area (Å²) in [5.74, 6) is -8.76. The molecule has 2 rings (SSSR count). The summed E-state index contributed by atoms with van der Waals surface area (Å²) in [6.07, 6.45) is -10.7. The van der Waals surface area contributed by atoms with E-state index in [0.29, 0.717) is 6.42 Å². The van der Waals surface area contributed by atoms with Crippen LogP contribution in [0.2, 0.25) is 0 Å². The van der Waals surface area contributed by atoms with Crippen LogP contribution in [0.15, 0.2) is 0 Å². The highest BCUT2D eigenvalue weighted by atomic mass is 32.2. The summed E-state index contributed by atoms with van der Waals surface area (Å²) in [6.45, 7) is 7.71. The fraction of sp³-hybridized carbons (Fsp3) is 0.778. The van der Waals surface area contributed by atoms with Crippen molar-refractivity contribution in [3.8, 4) is 0 Å². The van der Waals surface area contributed by atoms with Gasteiger partial charge in [-0.15, -0.1) is 0 Å². The highest BCUT2D eigenvalue weighted by Gasteiger charge is 2.59. The van der Waals surface area contributed by atoms with Crippen LogP contribution in [0.25, 0.3) is 0 Å². The van der Waals surface area contributed by atoms with E-state index in [1.807, 2.05) is 0 Å². The second kappa shape index (κ2) is 23.9. The lowest BCUT2D eigenvalue weighted by Gasteiger charge is -2.48. The first-order valence-electron chi connectivity index (χ1n) is 18.7. The highest BCUT2D eigenvalue weighted by Crippen LogP contribution is 2.36. The summed E-state index contributed by atoms with van der Waals surface area (Å²) < 4.78 is 83.4. The molecule has 0 aromatic carbocycles. The Morgan fingerprint density at radius 1 is 0.517 bits per heavy atom. The van der Waals surface area contributed by atoms with E-state index in [1.165, 1.54) is 0 Å². The Hall–Kier alpha value is -4.41. The molecule has 2 fully saturated rings. The van der Waals surface area contributed by atoms with E-state index in [2.05, 4.69) is 12.2 Å². The minimum Gasteiger partial charge on any atom is -0.463 e. The van der Waals surface area contributed by atoms with Gasteiger partial charge in [-0.1, -0.05) is 39.0 Å². The Bertz CT molecular complexity index is 1570. The number of carbonyl (C=O) groups is 8. The average molecular weight is 854 g/mol. The molecule has 2 unspecified atom stereocenters. The van der Waals surface area contributed by atoms with E-state index in [0.717, 1.165) is 80.6 Å². The number of carbonyl (C=O) groups excluding carboxylic acids is 8. The number of hydrogen-bond donors (Lipinski definition) is 1. The van der Waals surface area contributed by atoms with Gasteiger partial charge in [0.2, 0.25) is 5.91 Å². The molecule has 1 amide bonds. The van der Waals surface area contributed by atoms with Crippen LogP contribution < -0.4 is 5.32 Å². The molecule has 21 nitrogen and oxygen atoms in total. The Labute approximate surface area is 336 Å². The van der Waals surface area contributed by atoms with Gasteiger partial charge in [0, 0.05) is 55.0 Å². The smallest absolute Gasteiger partial charge is 0.303 e. The van der Waals surface area contributed by atoms with Crippen LogP contribution in [0.4, 0.5) is 0 Å². The lowest BCUT2D eigenvalue weighted by Crippen LogP contribution is -2.68. The van der Waals surface area contributed by atoms with Gasteiger partial charge in [0.25, 0.3) is 0 Å². The van der Waals surface area contributed by atoms with Crippen LogP contribution in [-0.4, -0.2) is 142 Å². The maximum atomic E-state index is 13.9. The zero-order chi connectivity index (χ0) is 43.7. The van der Waals surface area contributed by atoms with Crippen molar-refractivity contribution in [1.29, 1.82) is 0 Å². The van der Waals surface area contributed by atoms with Crippen molar-refractivity contribution >= 4 is 57.5 Å². The van der Waals surface area contributed by atoms with Crippen molar-refractivity contribution in [2.75, 3.05) is 25.5 Å². The monoisotopic (exact) mass is 853 g/mol. The third-order valence-corrected chi connectivity index (χ3v) is 10.2. The van der Waals surface area contributed by atoms with Gasteiger partial charge in [0.1, 0.15) is 37.3 Å². The van der Waals surface area contributed by atoms with Crippen molar-refractivity contribution in [3.63, 3.8) is 0 Å². The third-order valence-electron chi connectivity index (χ3n) is 8.42. The van der Waals surface area contributed by atoms with Crippen LogP contribution in [0.1, 0.15) is 93.9 Å². The van der Waals surface area contributed by atoms with Crippen LogP contribution >= 0.6 is 0 Å². The van der Waals surface area contributed by atoms with Crippen LogP contribution in [0.3, 0.4) is 0 Å². The largest absolute Gasteiger partial charge is 0.463 e. The molecule has 0 aliphatic carbocycles. The molecule has 58 heavy (non-hydrogen) atoms. The molecule has 22 heteroatoms. The second-order valence-corrected chi connectivity index (χ2v) is 15.7. The molecule has 2 saturated heterocycles. The number of rotatable bonds is 21. The van der Waals surface area contributed by atoms with Crippen molar-refractivity contribution in [2.24, 2.45) is 0 Å². The molecule has 330 valence electrons. The predicted molar refractivity (Wildman–Crippen MR) is 193 cm³/mol. The number of amides is 1. The van der Waals surface area contributed by atoms with E-state index in [1.54, 1.807) is 0 Å². The van der Waals surface area contributed by atoms with Gasteiger partial charge in [-0.25, -0.2) is 8.42 Å². The Kier molecular flexibility index (Phi) is 20.5. The molecule has 1 N–H and O–H groups in total. The number of esters is 7. The van der Waals surface area contributed by atoms with Crippen LogP contribution in [0.5, 0.6) is 0 Å². The SMILES string of the molecule is CCCCCCCCNC(=O)CS(=O)(=O)[C@@H]1O[C@H](COC(C)=O)[C@@H](O[C@@H]2O[C@H](COC(C)=O)[C@H](OC(C)=O)C(OC(C)=O)C2OC(C)=O)[C@H](OC(C)=O)[C@H]1OC(C)=O. The summed E-state index contributed by atoms with van der Waals surface area (Å²) in [5, 5.41) is 2.54. The van der Waals surface area contributed by atoms with Crippen molar-refractivity contribution in [3.05, 3.63) is 0 Å². The second-order valence-electron chi connectivity index (χ2n) is 13.6. The molecular formula is C36H55NO20S. The lowest BCUT2D eigenvalue weighted by molar-refractivity contribution is -0.341. The molecule has 0 spiro atoms. The summed E-state index contributed by atoms with van der Waals surface area (Å²) >= 11 is 0. The number of ether oxygens (including phenoxy) is 10. The van der Waals surface area contributed by atoms with Gasteiger partial charge in [-0.3, -0.25) is 38.4 Å². The minimum absolute atomic E-state index is 0.177. The molecule has 2 aliphatic rings. The van der Waals surface area contributed by atoms with Gasteiger partial charge in [-0.2, -0.15) is 0 Å². The summed E-state index contributed by atoms with van der Waals surface area (Å²) in [6, 6.07) is 0. The number of sulfone groups is 1. The van der Waals surface area contributed by atoms with Crippen LogP contribution in [-0.2, 0) is 95.6 Å². The molecule has 0 radical (unpaired) electrons. The predicted octanol–water partition coefficient (Wildman–Crippen LogP) is 0.498. The van der Waals surface area contributed by atoms with Crippen LogP contribution in [0, 0.1) is 0 Å². The quantitative estimate of drug-likeness (QED) is 0.0935. The van der Waals surface area contributed by atoms with Crippen molar-refractivity contribution in [2.45, 2.75) is 154 Å². The first-order valence-corrected chi connectivity index (χ1v) is 20.5. The Morgan fingerprint density at radius 3 is 1.45 bits per heavy atom. The molecule has 0 aromatic heterocycles. The Morgan fingerprint density at radius 2 is 0.948 bits per heavy atom. The molecule has 0 saturated carbocycles. The van der Waals surface area contributed by atoms with Gasteiger partial charge in [0.15, 0.2) is 52.1 Å².